The second kappa shape index (κ2) is 15.1. The van der Waals surface area contributed by atoms with Gasteiger partial charge < -0.3 is 25.6 Å². The number of likely N-dealkylation sites (N-methyl/N-ethyl adjacent to an activating group) is 1. The first-order valence-electron chi connectivity index (χ1n) is 15.3. The van der Waals surface area contributed by atoms with E-state index < -0.39 is 23.7 Å². The Morgan fingerprint density at radius 1 is 0.917 bits per heavy atom. The molecule has 0 unspecified atom stereocenters. The number of carbonyl (C=O) groups is 2. The van der Waals surface area contributed by atoms with Crippen molar-refractivity contribution >= 4 is 40.6 Å². The smallest absolute Gasteiger partial charge is 0.416 e. The monoisotopic (exact) mass is 662 g/mol. The van der Waals surface area contributed by atoms with Crippen molar-refractivity contribution in [2.75, 3.05) is 74.3 Å². The first-order chi connectivity index (χ1) is 22.9. The summed E-state index contributed by atoms with van der Waals surface area (Å²) in [5, 5.41) is 8.61. The molecule has 252 valence electrons. The SMILES string of the molecule is Cc1ccc(NC(=O)c2cccc(C(F)(F)F)c2)cc1NC(=O)N(C)c1cc(Nc2cccc(OCCN3CCN(C)CC3)c2)ncn1. The van der Waals surface area contributed by atoms with E-state index in [4.69, 9.17) is 4.74 Å². The molecule has 0 saturated carbocycles. The van der Waals surface area contributed by atoms with Crippen molar-refractivity contribution < 1.29 is 27.5 Å². The Kier molecular flexibility index (Phi) is 10.8. The first kappa shape index (κ1) is 34.1. The van der Waals surface area contributed by atoms with Crippen LogP contribution in [0.3, 0.4) is 0 Å². The number of rotatable bonds is 10. The van der Waals surface area contributed by atoms with Gasteiger partial charge >= 0.3 is 12.2 Å². The highest BCUT2D eigenvalue weighted by molar-refractivity contribution is 6.05. The molecule has 1 saturated heterocycles. The molecular weight excluding hydrogens is 625 g/mol. The predicted molar refractivity (Wildman–Crippen MR) is 179 cm³/mol. The molecule has 0 radical (unpaired) electrons. The Hall–Kier alpha value is -5.21. The van der Waals surface area contributed by atoms with Crippen LogP contribution in [0.15, 0.2) is 79.1 Å². The Labute approximate surface area is 276 Å². The van der Waals surface area contributed by atoms with Crippen molar-refractivity contribution in [3.8, 4) is 5.75 Å². The van der Waals surface area contributed by atoms with Gasteiger partial charge in [-0.3, -0.25) is 14.6 Å². The molecule has 0 bridgehead atoms. The summed E-state index contributed by atoms with van der Waals surface area (Å²) < 4.78 is 45.3. The van der Waals surface area contributed by atoms with Crippen molar-refractivity contribution in [2.24, 2.45) is 0 Å². The average Bonchev–Trinajstić information content (AvgIpc) is 3.07. The number of benzene rings is 3. The lowest BCUT2D eigenvalue weighted by Crippen LogP contribution is -2.45. The fourth-order valence-electron chi connectivity index (χ4n) is 4.95. The van der Waals surface area contributed by atoms with E-state index >= 15 is 0 Å². The molecule has 4 aromatic rings. The van der Waals surface area contributed by atoms with Crippen LogP contribution in [-0.4, -0.2) is 85.1 Å². The Bertz CT molecular complexity index is 1740. The van der Waals surface area contributed by atoms with Gasteiger partial charge in [0.2, 0.25) is 0 Å². The number of nitrogens with zero attached hydrogens (tertiary/aromatic N) is 5. The van der Waals surface area contributed by atoms with E-state index in [0.29, 0.717) is 35.2 Å². The van der Waals surface area contributed by atoms with E-state index in [2.05, 4.69) is 42.8 Å². The number of halogens is 3. The molecule has 0 aliphatic carbocycles. The molecule has 1 aliphatic heterocycles. The molecule has 14 heteroatoms. The van der Waals surface area contributed by atoms with Crippen LogP contribution < -0.4 is 25.6 Å². The lowest BCUT2D eigenvalue weighted by Gasteiger charge is -2.32. The number of anilines is 5. The second-order valence-corrected chi connectivity index (χ2v) is 11.5. The molecular formula is C34H37F3N8O3. The highest BCUT2D eigenvalue weighted by atomic mass is 19.4. The van der Waals surface area contributed by atoms with E-state index in [1.165, 1.54) is 29.4 Å². The standard InChI is InChI=1S/C34H37F3N8O3/c1-23-10-11-27(41-32(46)24-6-4-7-25(18-24)34(35,36)37)20-29(23)42-33(47)44(3)31-21-30(38-22-39-31)40-26-8-5-9-28(19-26)48-17-16-45-14-12-43(2)13-15-45/h4-11,18-22H,12-17H2,1-3H3,(H,41,46)(H,42,47)(H,38,39,40). The van der Waals surface area contributed by atoms with Crippen molar-refractivity contribution in [2.45, 2.75) is 13.1 Å². The van der Waals surface area contributed by atoms with Crippen molar-refractivity contribution in [3.05, 3.63) is 95.8 Å². The zero-order valence-electron chi connectivity index (χ0n) is 26.8. The maximum absolute atomic E-state index is 13.2. The highest BCUT2D eigenvalue weighted by Crippen LogP contribution is 2.30. The number of piperazine rings is 1. The van der Waals surface area contributed by atoms with Gasteiger partial charge in [-0.25, -0.2) is 14.8 Å². The minimum absolute atomic E-state index is 0.149. The van der Waals surface area contributed by atoms with Gasteiger partial charge in [0.25, 0.3) is 5.91 Å². The van der Waals surface area contributed by atoms with Gasteiger partial charge in [0.15, 0.2) is 0 Å². The Balaban J connectivity index is 1.18. The highest BCUT2D eigenvalue weighted by Gasteiger charge is 2.31. The normalized spacial score (nSPS) is 13.9. The van der Waals surface area contributed by atoms with Crippen LogP contribution >= 0.6 is 0 Å². The summed E-state index contributed by atoms with van der Waals surface area (Å²) in [6.07, 6.45) is -3.23. The fourth-order valence-corrected chi connectivity index (χ4v) is 4.95. The quantitative estimate of drug-likeness (QED) is 0.187. The van der Waals surface area contributed by atoms with E-state index in [-0.39, 0.29) is 5.56 Å². The zero-order valence-corrected chi connectivity index (χ0v) is 26.8. The predicted octanol–water partition coefficient (Wildman–Crippen LogP) is 6.09. The van der Waals surface area contributed by atoms with Crippen LogP contribution in [-0.2, 0) is 6.18 Å². The van der Waals surface area contributed by atoms with Crippen molar-refractivity contribution in [3.63, 3.8) is 0 Å². The van der Waals surface area contributed by atoms with E-state index in [9.17, 15) is 22.8 Å². The average molecular weight is 663 g/mol. The number of alkyl halides is 3. The van der Waals surface area contributed by atoms with Crippen LogP contribution in [0.5, 0.6) is 5.75 Å². The Morgan fingerprint density at radius 2 is 1.69 bits per heavy atom. The topological polar surface area (TPSA) is 115 Å². The minimum Gasteiger partial charge on any atom is -0.492 e. The number of hydrogen-bond donors (Lipinski definition) is 3. The summed E-state index contributed by atoms with van der Waals surface area (Å²) in [5.41, 5.74) is 1.07. The molecule has 1 aromatic heterocycles. The van der Waals surface area contributed by atoms with Gasteiger partial charge in [0.05, 0.1) is 5.56 Å². The van der Waals surface area contributed by atoms with Gasteiger partial charge in [0.1, 0.15) is 30.3 Å². The van der Waals surface area contributed by atoms with Gasteiger partial charge in [0, 0.05) is 74.5 Å². The van der Waals surface area contributed by atoms with Crippen LogP contribution in [0, 0.1) is 6.92 Å². The first-order valence-corrected chi connectivity index (χ1v) is 15.3. The Morgan fingerprint density at radius 3 is 2.46 bits per heavy atom. The number of nitrogens with one attached hydrogen (secondary N) is 3. The largest absolute Gasteiger partial charge is 0.492 e. The summed E-state index contributed by atoms with van der Waals surface area (Å²) in [6.45, 7) is 7.37. The zero-order chi connectivity index (χ0) is 34.3. The van der Waals surface area contributed by atoms with Crippen molar-refractivity contribution in [1.29, 1.82) is 0 Å². The molecule has 11 nitrogen and oxygen atoms in total. The maximum atomic E-state index is 13.2. The van der Waals surface area contributed by atoms with Gasteiger partial charge in [-0.1, -0.05) is 18.2 Å². The lowest BCUT2D eigenvalue weighted by atomic mass is 10.1. The van der Waals surface area contributed by atoms with Gasteiger partial charge in [-0.05, 0) is 62.0 Å². The summed E-state index contributed by atoms with van der Waals surface area (Å²) in [4.78, 5) is 40.4. The number of ether oxygens (including phenoxy) is 1. The molecule has 5 rings (SSSR count). The molecule has 3 aromatic carbocycles. The molecule has 3 N–H and O–H groups in total. The van der Waals surface area contributed by atoms with Crippen LogP contribution in [0.1, 0.15) is 21.5 Å². The third-order valence-corrected chi connectivity index (χ3v) is 7.87. The molecule has 1 fully saturated rings. The minimum atomic E-state index is -4.57. The molecule has 2 heterocycles. The summed E-state index contributed by atoms with van der Waals surface area (Å²) in [5.74, 6) is 0.785. The number of hydrogen-bond acceptors (Lipinski definition) is 8. The number of amides is 3. The number of aryl methyl sites for hydroxylation is 1. The van der Waals surface area contributed by atoms with E-state index in [1.807, 2.05) is 24.3 Å². The maximum Gasteiger partial charge on any atom is 0.416 e. The molecule has 3 amide bonds. The molecule has 0 spiro atoms. The van der Waals surface area contributed by atoms with Gasteiger partial charge in [-0.15, -0.1) is 0 Å². The molecule has 1 aliphatic rings. The number of aromatic nitrogens is 2. The fraction of sp³-hybridized carbons (Fsp3) is 0.294. The number of urea groups is 1. The van der Waals surface area contributed by atoms with Gasteiger partial charge in [-0.2, -0.15) is 13.2 Å². The van der Waals surface area contributed by atoms with E-state index in [0.717, 1.165) is 56.3 Å². The lowest BCUT2D eigenvalue weighted by molar-refractivity contribution is -0.137. The van der Waals surface area contributed by atoms with E-state index in [1.54, 1.807) is 32.2 Å². The summed E-state index contributed by atoms with van der Waals surface area (Å²) in [6, 6.07) is 17.6. The second-order valence-electron chi connectivity index (χ2n) is 11.5. The molecule has 48 heavy (non-hydrogen) atoms. The van der Waals surface area contributed by atoms with Crippen LogP contribution in [0.2, 0.25) is 0 Å². The molecule has 0 atom stereocenters. The third-order valence-electron chi connectivity index (χ3n) is 7.87. The summed E-state index contributed by atoms with van der Waals surface area (Å²) in [7, 11) is 3.68. The van der Waals surface area contributed by atoms with Crippen LogP contribution in [0.4, 0.5) is 46.7 Å². The van der Waals surface area contributed by atoms with Crippen molar-refractivity contribution in [1.82, 2.24) is 19.8 Å². The third kappa shape index (κ3) is 9.20. The summed E-state index contributed by atoms with van der Waals surface area (Å²) >= 11 is 0. The number of carbonyl (C=O) groups excluding carboxylic acids is 2. The van der Waals surface area contributed by atoms with Crippen LogP contribution in [0.25, 0.3) is 0 Å².